The van der Waals surface area contributed by atoms with E-state index in [1.807, 2.05) is 0 Å². The van der Waals surface area contributed by atoms with E-state index in [0.29, 0.717) is 0 Å². The van der Waals surface area contributed by atoms with E-state index in [2.05, 4.69) is 15.4 Å². The summed E-state index contributed by atoms with van der Waals surface area (Å²) in [5.41, 5.74) is 2.25. The molecule has 8 heteroatoms. The van der Waals surface area contributed by atoms with Gasteiger partial charge in [-0.25, -0.2) is 15.8 Å². The van der Waals surface area contributed by atoms with Gasteiger partial charge in [0.05, 0.1) is 0 Å². The summed E-state index contributed by atoms with van der Waals surface area (Å²) in [6.45, 7) is 0.758. The van der Waals surface area contributed by atoms with Gasteiger partial charge < -0.3 is 10.3 Å². The van der Waals surface area contributed by atoms with Crippen molar-refractivity contribution in [2.75, 3.05) is 23.4 Å². The maximum absolute atomic E-state index is 12.2. The number of nitrogen functional groups attached to an aromatic ring is 1. The summed E-state index contributed by atoms with van der Waals surface area (Å²) >= 11 is 0. The van der Waals surface area contributed by atoms with Crippen LogP contribution in [-0.4, -0.2) is 29.2 Å². The highest BCUT2D eigenvalue weighted by molar-refractivity contribution is 5.47. The van der Waals surface area contributed by atoms with Gasteiger partial charge >= 0.3 is 6.18 Å². The Morgan fingerprint density at radius 3 is 2.62 bits per heavy atom. The van der Waals surface area contributed by atoms with Crippen LogP contribution in [0.4, 0.5) is 24.8 Å². The zero-order valence-electron chi connectivity index (χ0n) is 8.62. The first-order valence-corrected chi connectivity index (χ1v) is 4.56. The van der Waals surface area contributed by atoms with E-state index in [1.54, 1.807) is 6.92 Å². The van der Waals surface area contributed by atoms with Gasteiger partial charge in [-0.15, -0.1) is 0 Å². The van der Waals surface area contributed by atoms with Crippen LogP contribution in [0, 0.1) is 0 Å². The van der Waals surface area contributed by atoms with Gasteiger partial charge in [-0.2, -0.15) is 13.2 Å². The summed E-state index contributed by atoms with van der Waals surface area (Å²) in [6.07, 6.45) is -3.11. The van der Waals surface area contributed by atoms with Gasteiger partial charge in [0.2, 0.25) is 0 Å². The minimum Gasteiger partial charge on any atom is -0.348 e. The molecule has 1 aromatic rings. The standard InChI is InChI=1S/C8H12F3N5/c1-2-16(4-8(9,10)11)7-3-6(15-12)13-5-14-7/h3,5H,2,4,12H2,1H3,(H,13,14,15). The summed E-state index contributed by atoms with van der Waals surface area (Å²) in [5.74, 6) is 5.56. The molecule has 0 spiro atoms. The van der Waals surface area contributed by atoms with Crippen LogP contribution in [0.3, 0.4) is 0 Å². The minimum absolute atomic E-state index is 0.183. The molecule has 0 fully saturated rings. The molecule has 0 radical (unpaired) electrons. The van der Waals surface area contributed by atoms with E-state index in [9.17, 15) is 13.2 Å². The van der Waals surface area contributed by atoms with Gasteiger partial charge in [-0.3, -0.25) is 0 Å². The number of aromatic nitrogens is 2. The van der Waals surface area contributed by atoms with Crippen LogP contribution < -0.4 is 16.2 Å². The average molecular weight is 235 g/mol. The molecule has 16 heavy (non-hydrogen) atoms. The lowest BCUT2D eigenvalue weighted by molar-refractivity contribution is -0.119. The first kappa shape index (κ1) is 12.5. The number of anilines is 2. The lowest BCUT2D eigenvalue weighted by Crippen LogP contribution is -2.34. The average Bonchev–Trinajstić information content (AvgIpc) is 2.25. The normalized spacial score (nSPS) is 11.3. The molecule has 0 aliphatic heterocycles. The smallest absolute Gasteiger partial charge is 0.348 e. The molecule has 0 aliphatic rings. The van der Waals surface area contributed by atoms with Gasteiger partial charge in [0.15, 0.2) is 0 Å². The Bertz CT molecular complexity index is 341. The molecule has 90 valence electrons. The molecule has 0 saturated heterocycles. The molecule has 0 amide bonds. The number of halogens is 3. The quantitative estimate of drug-likeness (QED) is 0.605. The Morgan fingerprint density at radius 2 is 2.12 bits per heavy atom. The molecule has 0 aromatic carbocycles. The van der Waals surface area contributed by atoms with E-state index in [4.69, 9.17) is 5.84 Å². The van der Waals surface area contributed by atoms with Gasteiger partial charge in [-0.1, -0.05) is 0 Å². The molecular formula is C8H12F3N5. The molecule has 0 bridgehead atoms. The highest BCUT2D eigenvalue weighted by atomic mass is 19.4. The Morgan fingerprint density at radius 1 is 1.44 bits per heavy atom. The maximum Gasteiger partial charge on any atom is 0.405 e. The van der Waals surface area contributed by atoms with Crippen molar-refractivity contribution >= 4 is 11.6 Å². The topological polar surface area (TPSA) is 67.1 Å². The van der Waals surface area contributed by atoms with Crippen molar-refractivity contribution in [2.45, 2.75) is 13.1 Å². The second-order valence-corrected chi connectivity index (χ2v) is 3.04. The van der Waals surface area contributed by atoms with Crippen LogP contribution in [0.5, 0.6) is 0 Å². The van der Waals surface area contributed by atoms with Crippen molar-refractivity contribution < 1.29 is 13.2 Å². The zero-order chi connectivity index (χ0) is 12.2. The van der Waals surface area contributed by atoms with Crippen molar-refractivity contribution in [3.8, 4) is 0 Å². The summed E-state index contributed by atoms with van der Waals surface area (Å²) in [5, 5.41) is 0. The molecule has 0 saturated carbocycles. The lowest BCUT2D eigenvalue weighted by atomic mass is 10.4. The van der Waals surface area contributed by atoms with E-state index in [0.717, 1.165) is 11.2 Å². The number of hydrogen-bond donors (Lipinski definition) is 2. The lowest BCUT2D eigenvalue weighted by Gasteiger charge is -2.23. The predicted octanol–water partition coefficient (Wildman–Crippen LogP) is 1.15. The molecule has 1 heterocycles. The summed E-state index contributed by atoms with van der Waals surface area (Å²) in [6, 6.07) is 1.36. The number of nitrogens with one attached hydrogen (secondary N) is 1. The van der Waals surface area contributed by atoms with E-state index < -0.39 is 12.7 Å². The van der Waals surface area contributed by atoms with E-state index in [-0.39, 0.29) is 18.2 Å². The van der Waals surface area contributed by atoms with Crippen molar-refractivity contribution in [3.05, 3.63) is 12.4 Å². The number of alkyl halides is 3. The number of hydrogen-bond acceptors (Lipinski definition) is 5. The minimum atomic E-state index is -4.27. The highest BCUT2D eigenvalue weighted by Gasteiger charge is 2.30. The second kappa shape index (κ2) is 4.97. The van der Waals surface area contributed by atoms with E-state index in [1.165, 1.54) is 6.07 Å². The Kier molecular flexibility index (Phi) is 3.88. The first-order valence-electron chi connectivity index (χ1n) is 4.56. The molecule has 1 rings (SSSR count). The van der Waals surface area contributed by atoms with E-state index >= 15 is 0 Å². The number of nitrogens with zero attached hydrogens (tertiary/aromatic N) is 3. The van der Waals surface area contributed by atoms with Crippen LogP contribution in [0.15, 0.2) is 12.4 Å². The Labute approximate surface area is 90.4 Å². The molecule has 1 aromatic heterocycles. The number of hydrazine groups is 1. The van der Waals surface area contributed by atoms with Crippen molar-refractivity contribution in [1.82, 2.24) is 9.97 Å². The van der Waals surface area contributed by atoms with Gasteiger partial charge in [0, 0.05) is 12.6 Å². The summed E-state index contributed by atoms with van der Waals surface area (Å²) in [7, 11) is 0. The molecule has 5 nitrogen and oxygen atoms in total. The monoisotopic (exact) mass is 235 g/mol. The SMILES string of the molecule is CCN(CC(F)(F)F)c1cc(NN)ncn1. The van der Waals surface area contributed by atoms with Gasteiger partial charge in [0.25, 0.3) is 0 Å². The third-order valence-electron chi connectivity index (χ3n) is 1.88. The van der Waals surface area contributed by atoms with Crippen LogP contribution in [-0.2, 0) is 0 Å². The summed E-state index contributed by atoms with van der Waals surface area (Å²) in [4.78, 5) is 8.56. The summed E-state index contributed by atoms with van der Waals surface area (Å²) < 4.78 is 36.7. The molecular weight excluding hydrogens is 223 g/mol. The predicted molar refractivity (Wildman–Crippen MR) is 53.8 cm³/mol. The highest BCUT2D eigenvalue weighted by Crippen LogP contribution is 2.21. The van der Waals surface area contributed by atoms with Gasteiger partial charge in [-0.05, 0) is 6.92 Å². The molecule has 0 aliphatic carbocycles. The molecule has 0 unspecified atom stereocenters. The van der Waals surface area contributed by atoms with Crippen molar-refractivity contribution in [1.29, 1.82) is 0 Å². The van der Waals surface area contributed by atoms with Gasteiger partial charge in [0.1, 0.15) is 24.5 Å². The largest absolute Gasteiger partial charge is 0.405 e. The Balaban J connectivity index is 2.86. The number of nitrogens with two attached hydrogens (primary N) is 1. The fourth-order valence-corrected chi connectivity index (χ4v) is 1.17. The van der Waals surface area contributed by atoms with Crippen LogP contribution in [0.2, 0.25) is 0 Å². The van der Waals surface area contributed by atoms with Crippen molar-refractivity contribution in [3.63, 3.8) is 0 Å². The molecule has 0 atom stereocenters. The third kappa shape index (κ3) is 3.54. The fraction of sp³-hybridized carbons (Fsp3) is 0.500. The van der Waals surface area contributed by atoms with Crippen molar-refractivity contribution in [2.24, 2.45) is 5.84 Å². The number of rotatable bonds is 4. The zero-order valence-corrected chi connectivity index (χ0v) is 8.62. The fourth-order valence-electron chi connectivity index (χ4n) is 1.17. The second-order valence-electron chi connectivity index (χ2n) is 3.04. The maximum atomic E-state index is 12.2. The van der Waals surface area contributed by atoms with Crippen LogP contribution >= 0.6 is 0 Å². The third-order valence-corrected chi connectivity index (χ3v) is 1.88. The molecule has 3 N–H and O–H groups in total. The first-order chi connectivity index (χ1) is 7.46. The Hall–Kier alpha value is -1.57. The van der Waals surface area contributed by atoms with Crippen LogP contribution in [0.25, 0.3) is 0 Å². The van der Waals surface area contributed by atoms with Crippen LogP contribution in [0.1, 0.15) is 6.92 Å².